The molecule has 2 rings (SSSR count). The second kappa shape index (κ2) is 9.25. The van der Waals surface area contributed by atoms with E-state index < -0.39 is 6.04 Å². The maximum atomic E-state index is 12.7. The van der Waals surface area contributed by atoms with Gasteiger partial charge in [-0.1, -0.05) is 49.7 Å². The number of halogens is 1. The number of amides is 2. The fourth-order valence-electron chi connectivity index (χ4n) is 2.51. The number of para-hydroxylation sites is 2. The lowest BCUT2D eigenvalue weighted by Crippen LogP contribution is -2.47. The average Bonchev–Trinajstić information content (AvgIpc) is 2.61. The van der Waals surface area contributed by atoms with Crippen LogP contribution in [0.5, 0.6) is 5.75 Å². The summed E-state index contributed by atoms with van der Waals surface area (Å²) in [5, 5.41) is 6.25. The van der Waals surface area contributed by atoms with Crippen molar-refractivity contribution < 1.29 is 14.3 Å². The molecule has 2 N–H and O–H groups in total. The van der Waals surface area contributed by atoms with Crippen molar-refractivity contribution in [2.45, 2.75) is 26.3 Å². The van der Waals surface area contributed by atoms with Gasteiger partial charge in [-0.05, 0) is 35.7 Å². The van der Waals surface area contributed by atoms with Gasteiger partial charge in [0.1, 0.15) is 11.8 Å². The first-order valence-corrected chi connectivity index (χ1v) is 8.76. The number of anilines is 1. The van der Waals surface area contributed by atoms with Crippen LogP contribution in [0.1, 0.15) is 19.4 Å². The summed E-state index contributed by atoms with van der Waals surface area (Å²) in [4.78, 5) is 25.0. The highest BCUT2D eigenvalue weighted by atomic mass is 35.5. The Bertz CT molecular complexity index is 760. The smallest absolute Gasteiger partial charge is 0.247 e. The number of nitrogens with one attached hydrogen (secondary N) is 2. The summed E-state index contributed by atoms with van der Waals surface area (Å²) < 4.78 is 5.24. The number of carbonyl (C=O) groups excluding carboxylic acids is 2. The Morgan fingerprint density at radius 3 is 2.35 bits per heavy atom. The fourth-order valence-corrected chi connectivity index (χ4v) is 2.63. The minimum Gasteiger partial charge on any atom is -0.495 e. The second-order valence-electron chi connectivity index (χ2n) is 6.28. The Morgan fingerprint density at radius 1 is 1.08 bits per heavy atom. The molecule has 0 saturated carbocycles. The van der Waals surface area contributed by atoms with Crippen LogP contribution in [0.4, 0.5) is 5.69 Å². The molecule has 0 aliphatic rings. The molecule has 0 fully saturated rings. The molecular weight excluding hydrogens is 352 g/mol. The van der Waals surface area contributed by atoms with Crippen LogP contribution in [0.25, 0.3) is 0 Å². The average molecular weight is 375 g/mol. The Hall–Kier alpha value is -2.53. The third-order valence-electron chi connectivity index (χ3n) is 3.91. The van der Waals surface area contributed by atoms with Crippen LogP contribution in [-0.4, -0.2) is 25.0 Å². The molecule has 2 amide bonds. The molecule has 0 heterocycles. The van der Waals surface area contributed by atoms with Crippen molar-refractivity contribution in [1.82, 2.24) is 5.32 Å². The lowest BCUT2D eigenvalue weighted by Gasteiger charge is -2.22. The van der Waals surface area contributed by atoms with Gasteiger partial charge in [0.2, 0.25) is 11.8 Å². The van der Waals surface area contributed by atoms with Gasteiger partial charge in [-0.2, -0.15) is 0 Å². The Kier molecular flexibility index (Phi) is 7.04. The number of carbonyl (C=O) groups is 2. The molecule has 0 aromatic heterocycles. The van der Waals surface area contributed by atoms with Gasteiger partial charge in [0.25, 0.3) is 0 Å². The van der Waals surface area contributed by atoms with Gasteiger partial charge in [0.15, 0.2) is 0 Å². The molecule has 1 atom stereocenters. The maximum Gasteiger partial charge on any atom is 0.247 e. The first-order valence-electron chi connectivity index (χ1n) is 8.38. The molecule has 0 aliphatic carbocycles. The van der Waals surface area contributed by atoms with Crippen molar-refractivity contribution in [2.24, 2.45) is 5.92 Å². The van der Waals surface area contributed by atoms with Crippen molar-refractivity contribution >= 4 is 29.1 Å². The van der Waals surface area contributed by atoms with E-state index in [1.165, 1.54) is 0 Å². The van der Waals surface area contributed by atoms with Gasteiger partial charge in [-0.15, -0.1) is 0 Å². The van der Waals surface area contributed by atoms with E-state index in [1.54, 1.807) is 43.5 Å². The van der Waals surface area contributed by atoms with E-state index in [0.717, 1.165) is 5.56 Å². The van der Waals surface area contributed by atoms with Crippen LogP contribution < -0.4 is 15.4 Å². The summed E-state index contributed by atoms with van der Waals surface area (Å²) in [6, 6.07) is 13.5. The number of hydrogen-bond acceptors (Lipinski definition) is 3. The molecule has 5 nitrogen and oxygen atoms in total. The fraction of sp³-hybridized carbons (Fsp3) is 0.300. The zero-order valence-electron chi connectivity index (χ0n) is 15.1. The van der Waals surface area contributed by atoms with Gasteiger partial charge in [-0.25, -0.2) is 0 Å². The van der Waals surface area contributed by atoms with Crippen LogP contribution in [-0.2, 0) is 16.0 Å². The summed E-state index contributed by atoms with van der Waals surface area (Å²) >= 11 is 5.85. The SMILES string of the molecule is COc1ccccc1NC(=O)C(NC(=O)Cc1ccc(Cl)cc1)C(C)C. The lowest BCUT2D eigenvalue weighted by molar-refractivity contribution is -0.127. The van der Waals surface area contributed by atoms with Crippen molar-refractivity contribution in [3.8, 4) is 5.75 Å². The third kappa shape index (κ3) is 5.49. The molecule has 26 heavy (non-hydrogen) atoms. The molecule has 0 radical (unpaired) electrons. The van der Waals surface area contributed by atoms with Crippen LogP contribution in [0, 0.1) is 5.92 Å². The molecule has 0 bridgehead atoms. The molecule has 6 heteroatoms. The van der Waals surface area contributed by atoms with Crippen LogP contribution in [0.15, 0.2) is 48.5 Å². The van der Waals surface area contributed by atoms with Crippen molar-refractivity contribution in [2.75, 3.05) is 12.4 Å². The predicted octanol–water partition coefficient (Wildman–Crippen LogP) is 3.67. The Morgan fingerprint density at radius 2 is 1.73 bits per heavy atom. The third-order valence-corrected chi connectivity index (χ3v) is 4.16. The second-order valence-corrected chi connectivity index (χ2v) is 6.72. The molecule has 2 aromatic rings. The number of hydrogen-bond donors (Lipinski definition) is 2. The Labute approximate surface area is 158 Å². The van der Waals surface area contributed by atoms with Gasteiger partial charge >= 0.3 is 0 Å². The highest BCUT2D eigenvalue weighted by Gasteiger charge is 2.25. The zero-order valence-corrected chi connectivity index (χ0v) is 15.8. The lowest BCUT2D eigenvalue weighted by atomic mass is 10.0. The molecule has 0 saturated heterocycles. The molecular formula is C20H23ClN2O3. The van der Waals surface area contributed by atoms with E-state index in [4.69, 9.17) is 16.3 Å². The topological polar surface area (TPSA) is 67.4 Å². The Balaban J connectivity index is 2.04. The standard InChI is InChI=1S/C20H23ClN2O3/c1-13(2)19(20(25)22-16-6-4-5-7-17(16)26-3)23-18(24)12-14-8-10-15(21)11-9-14/h4-11,13,19H,12H2,1-3H3,(H,22,25)(H,23,24). The minimum absolute atomic E-state index is 0.0705. The summed E-state index contributed by atoms with van der Waals surface area (Å²) in [6.07, 6.45) is 0.183. The summed E-state index contributed by atoms with van der Waals surface area (Å²) in [5.74, 6) is -0.00937. The van der Waals surface area contributed by atoms with Crippen molar-refractivity contribution in [3.63, 3.8) is 0 Å². The van der Waals surface area contributed by atoms with Gasteiger partial charge in [0.05, 0.1) is 19.2 Å². The number of benzene rings is 2. The molecule has 1 unspecified atom stereocenters. The van der Waals surface area contributed by atoms with Crippen molar-refractivity contribution in [3.05, 3.63) is 59.1 Å². The van der Waals surface area contributed by atoms with E-state index in [9.17, 15) is 9.59 Å². The van der Waals surface area contributed by atoms with Crippen LogP contribution >= 0.6 is 11.6 Å². The first kappa shape index (κ1) is 19.8. The number of methoxy groups -OCH3 is 1. The van der Waals surface area contributed by atoms with E-state index in [0.29, 0.717) is 16.5 Å². The van der Waals surface area contributed by atoms with Gasteiger partial charge in [0, 0.05) is 5.02 Å². The largest absolute Gasteiger partial charge is 0.495 e. The van der Waals surface area contributed by atoms with E-state index in [1.807, 2.05) is 26.0 Å². The van der Waals surface area contributed by atoms with E-state index >= 15 is 0 Å². The summed E-state index contributed by atoms with van der Waals surface area (Å²) in [7, 11) is 1.54. The zero-order chi connectivity index (χ0) is 19.1. The highest BCUT2D eigenvalue weighted by Crippen LogP contribution is 2.23. The van der Waals surface area contributed by atoms with Crippen LogP contribution in [0.2, 0.25) is 5.02 Å². The molecule has 2 aromatic carbocycles. The van der Waals surface area contributed by atoms with Crippen LogP contribution in [0.3, 0.4) is 0 Å². The molecule has 0 aliphatic heterocycles. The van der Waals surface area contributed by atoms with Gasteiger partial charge in [-0.3, -0.25) is 9.59 Å². The maximum absolute atomic E-state index is 12.7. The number of ether oxygens (including phenoxy) is 1. The van der Waals surface area contributed by atoms with Crippen molar-refractivity contribution in [1.29, 1.82) is 0 Å². The monoisotopic (exact) mass is 374 g/mol. The molecule has 138 valence electrons. The number of rotatable bonds is 7. The highest BCUT2D eigenvalue weighted by molar-refractivity contribution is 6.30. The van der Waals surface area contributed by atoms with E-state index in [2.05, 4.69) is 10.6 Å². The van der Waals surface area contributed by atoms with E-state index in [-0.39, 0.29) is 24.2 Å². The first-order chi connectivity index (χ1) is 12.4. The predicted molar refractivity (Wildman–Crippen MR) is 104 cm³/mol. The van der Waals surface area contributed by atoms with Gasteiger partial charge < -0.3 is 15.4 Å². The minimum atomic E-state index is -0.653. The molecule has 0 spiro atoms. The summed E-state index contributed by atoms with van der Waals surface area (Å²) in [6.45, 7) is 3.77. The quantitative estimate of drug-likeness (QED) is 0.777. The normalized spacial score (nSPS) is 11.7. The summed E-state index contributed by atoms with van der Waals surface area (Å²) in [5.41, 5.74) is 1.40.